The zero-order valence-corrected chi connectivity index (χ0v) is 12.7. The molecule has 5 heterocycles. The van der Waals surface area contributed by atoms with Crippen LogP contribution in [0.15, 0.2) is 29.3 Å². The van der Waals surface area contributed by atoms with Gasteiger partial charge in [0.15, 0.2) is 0 Å². The molecule has 4 atom stereocenters. The van der Waals surface area contributed by atoms with Crippen LogP contribution in [0, 0.1) is 11.8 Å². The van der Waals surface area contributed by atoms with Gasteiger partial charge in [0.25, 0.3) is 5.91 Å². The third-order valence-electron chi connectivity index (χ3n) is 6.11. The Morgan fingerprint density at radius 1 is 1.14 bits per heavy atom. The Morgan fingerprint density at radius 2 is 2.00 bits per heavy atom. The van der Waals surface area contributed by atoms with Crippen LogP contribution >= 0.6 is 0 Å². The Labute approximate surface area is 130 Å². The minimum absolute atomic E-state index is 0.172. The van der Waals surface area contributed by atoms with Gasteiger partial charge in [-0.15, -0.1) is 0 Å². The topological polar surface area (TPSA) is 35.9 Å². The number of carbonyl (C=O) groups is 1. The second-order valence-corrected chi connectivity index (χ2v) is 7.15. The van der Waals surface area contributed by atoms with E-state index in [-0.39, 0.29) is 5.91 Å². The molecule has 0 radical (unpaired) electrons. The molecule has 4 heteroatoms. The molecule has 4 bridgehead atoms. The standard InChI is InChI=1S/C18H21N3O/c22-18(17-15-4-2-1-3-12(15)9-19-17)21-10-13-5-7-20-8-6-14(13)16(21)11-20/h1-4,13-14,16H,5-11H2. The van der Waals surface area contributed by atoms with E-state index in [1.807, 2.05) is 18.2 Å². The van der Waals surface area contributed by atoms with Crippen molar-refractivity contribution in [1.82, 2.24) is 9.80 Å². The summed E-state index contributed by atoms with van der Waals surface area (Å²) in [6.07, 6.45) is 2.52. The fourth-order valence-electron chi connectivity index (χ4n) is 4.97. The summed E-state index contributed by atoms with van der Waals surface area (Å²) in [7, 11) is 0. The predicted molar refractivity (Wildman–Crippen MR) is 84.8 cm³/mol. The molecule has 114 valence electrons. The highest BCUT2D eigenvalue weighted by molar-refractivity contribution is 6.46. The van der Waals surface area contributed by atoms with Crippen molar-refractivity contribution < 1.29 is 4.79 Å². The normalized spacial score (nSPS) is 35.3. The molecule has 22 heavy (non-hydrogen) atoms. The lowest BCUT2D eigenvalue weighted by Crippen LogP contribution is -2.50. The van der Waals surface area contributed by atoms with Gasteiger partial charge in [-0.2, -0.15) is 0 Å². The zero-order chi connectivity index (χ0) is 14.7. The highest BCUT2D eigenvalue weighted by Crippen LogP contribution is 2.41. The summed E-state index contributed by atoms with van der Waals surface area (Å²) in [6, 6.07) is 8.59. The smallest absolute Gasteiger partial charge is 0.272 e. The average Bonchev–Trinajstić information content (AvgIpc) is 3.02. The Balaban J connectivity index is 1.46. The Kier molecular flexibility index (Phi) is 2.71. The van der Waals surface area contributed by atoms with Crippen LogP contribution in [-0.4, -0.2) is 53.6 Å². The third kappa shape index (κ3) is 1.73. The van der Waals surface area contributed by atoms with Gasteiger partial charge < -0.3 is 9.80 Å². The first-order valence-electron chi connectivity index (χ1n) is 8.47. The number of benzene rings is 1. The first-order valence-corrected chi connectivity index (χ1v) is 8.47. The van der Waals surface area contributed by atoms with Crippen LogP contribution in [0.25, 0.3) is 0 Å². The molecular weight excluding hydrogens is 274 g/mol. The van der Waals surface area contributed by atoms with Gasteiger partial charge in [-0.1, -0.05) is 24.3 Å². The highest BCUT2D eigenvalue weighted by atomic mass is 16.2. The number of rotatable bonds is 1. The maximum atomic E-state index is 13.1. The fourth-order valence-corrected chi connectivity index (χ4v) is 4.97. The lowest BCUT2D eigenvalue weighted by molar-refractivity contribution is -0.126. The molecule has 1 aromatic rings. The van der Waals surface area contributed by atoms with E-state index in [1.165, 1.54) is 31.5 Å². The number of likely N-dealkylation sites (tertiary alicyclic amines) is 1. The van der Waals surface area contributed by atoms with Gasteiger partial charge >= 0.3 is 0 Å². The van der Waals surface area contributed by atoms with Crippen LogP contribution < -0.4 is 0 Å². The average molecular weight is 295 g/mol. The molecule has 5 aliphatic rings. The molecule has 0 spiro atoms. The van der Waals surface area contributed by atoms with Crippen LogP contribution in [0.2, 0.25) is 0 Å². The fraction of sp³-hybridized carbons (Fsp3) is 0.556. The minimum atomic E-state index is 0.172. The van der Waals surface area contributed by atoms with E-state index < -0.39 is 0 Å². The number of piperidine rings is 1. The van der Waals surface area contributed by atoms with E-state index >= 15 is 0 Å². The first kappa shape index (κ1) is 12.8. The van der Waals surface area contributed by atoms with Crippen molar-refractivity contribution in [2.24, 2.45) is 16.8 Å². The van der Waals surface area contributed by atoms with E-state index in [0.29, 0.717) is 24.2 Å². The van der Waals surface area contributed by atoms with Crippen molar-refractivity contribution in [2.75, 3.05) is 26.2 Å². The number of carbonyl (C=O) groups excluding carboxylic acids is 1. The van der Waals surface area contributed by atoms with Crippen LogP contribution in [0.5, 0.6) is 0 Å². The summed E-state index contributed by atoms with van der Waals surface area (Å²) in [4.78, 5) is 22.4. The van der Waals surface area contributed by atoms with E-state index in [2.05, 4.69) is 20.9 Å². The van der Waals surface area contributed by atoms with E-state index in [0.717, 1.165) is 24.6 Å². The molecule has 1 amide bonds. The van der Waals surface area contributed by atoms with E-state index in [1.54, 1.807) is 0 Å². The molecule has 4 nitrogen and oxygen atoms in total. The van der Waals surface area contributed by atoms with E-state index in [4.69, 9.17) is 0 Å². The van der Waals surface area contributed by atoms with Gasteiger partial charge in [-0.25, -0.2) is 0 Å². The maximum Gasteiger partial charge on any atom is 0.272 e. The summed E-state index contributed by atoms with van der Waals surface area (Å²) < 4.78 is 0. The number of fused-ring (bicyclic) bond motifs is 3. The van der Waals surface area contributed by atoms with Crippen molar-refractivity contribution in [3.8, 4) is 0 Å². The van der Waals surface area contributed by atoms with E-state index in [9.17, 15) is 4.79 Å². The zero-order valence-electron chi connectivity index (χ0n) is 12.7. The molecule has 0 N–H and O–H groups in total. The second kappa shape index (κ2) is 4.66. The van der Waals surface area contributed by atoms with Crippen molar-refractivity contribution in [1.29, 1.82) is 0 Å². The van der Waals surface area contributed by atoms with Crippen LogP contribution in [-0.2, 0) is 11.3 Å². The quantitative estimate of drug-likeness (QED) is 0.788. The Hall–Kier alpha value is -1.68. The lowest BCUT2D eigenvalue weighted by Gasteiger charge is -2.36. The summed E-state index contributed by atoms with van der Waals surface area (Å²) >= 11 is 0. The first-order chi connectivity index (χ1) is 10.8. The molecule has 5 aliphatic heterocycles. The molecular formula is C18H21N3O. The minimum Gasteiger partial charge on any atom is -0.332 e. The second-order valence-electron chi connectivity index (χ2n) is 7.15. The Morgan fingerprint density at radius 3 is 2.95 bits per heavy atom. The molecule has 4 unspecified atom stereocenters. The number of hydrogen-bond donors (Lipinski definition) is 0. The van der Waals surface area contributed by atoms with Crippen LogP contribution in [0.1, 0.15) is 24.0 Å². The summed E-state index contributed by atoms with van der Waals surface area (Å²) in [5.74, 6) is 1.60. The van der Waals surface area contributed by atoms with Crippen molar-refractivity contribution >= 4 is 11.6 Å². The number of hydrogen-bond acceptors (Lipinski definition) is 3. The van der Waals surface area contributed by atoms with Gasteiger partial charge in [0.2, 0.25) is 0 Å². The molecule has 6 rings (SSSR count). The SMILES string of the molecule is O=C(C1=NCc2ccccc21)N1CC2CCN3CCC2C1C3. The van der Waals surface area contributed by atoms with Crippen molar-refractivity contribution in [2.45, 2.75) is 25.4 Å². The maximum absolute atomic E-state index is 13.1. The predicted octanol–water partition coefficient (Wildman–Crippen LogP) is 1.54. The largest absolute Gasteiger partial charge is 0.332 e. The summed E-state index contributed by atoms with van der Waals surface area (Å²) in [6.45, 7) is 5.13. The summed E-state index contributed by atoms with van der Waals surface area (Å²) in [5, 5.41) is 0. The number of amides is 1. The molecule has 1 aromatic carbocycles. The van der Waals surface area contributed by atoms with Gasteiger partial charge in [-0.05, 0) is 43.3 Å². The summed E-state index contributed by atoms with van der Waals surface area (Å²) in [5.41, 5.74) is 2.94. The molecule has 0 saturated carbocycles. The lowest BCUT2D eigenvalue weighted by atomic mass is 9.86. The van der Waals surface area contributed by atoms with Crippen molar-refractivity contribution in [3.05, 3.63) is 35.4 Å². The molecule has 4 fully saturated rings. The molecule has 0 aliphatic carbocycles. The van der Waals surface area contributed by atoms with Gasteiger partial charge in [-0.3, -0.25) is 9.79 Å². The number of aliphatic imine (C=N–C) groups is 1. The molecule has 4 saturated heterocycles. The van der Waals surface area contributed by atoms with Gasteiger partial charge in [0.05, 0.1) is 6.54 Å². The van der Waals surface area contributed by atoms with Crippen LogP contribution in [0.4, 0.5) is 0 Å². The Bertz CT molecular complexity index is 668. The third-order valence-corrected chi connectivity index (χ3v) is 6.11. The van der Waals surface area contributed by atoms with Crippen LogP contribution in [0.3, 0.4) is 0 Å². The highest BCUT2D eigenvalue weighted by Gasteiger charge is 2.49. The molecule has 0 aromatic heterocycles. The van der Waals surface area contributed by atoms with Gasteiger partial charge in [0.1, 0.15) is 5.71 Å². The van der Waals surface area contributed by atoms with Crippen molar-refractivity contribution in [3.63, 3.8) is 0 Å². The van der Waals surface area contributed by atoms with Gasteiger partial charge in [0, 0.05) is 24.7 Å². The number of nitrogens with zero attached hydrogens (tertiary/aromatic N) is 3. The monoisotopic (exact) mass is 295 g/mol.